The van der Waals surface area contributed by atoms with Crippen LogP contribution in [0, 0.1) is 5.92 Å². The van der Waals surface area contributed by atoms with Crippen molar-refractivity contribution in [3.8, 4) is 0 Å². The van der Waals surface area contributed by atoms with E-state index < -0.39 is 17.5 Å². The lowest BCUT2D eigenvalue weighted by Gasteiger charge is -2.33. The molecule has 1 aliphatic carbocycles. The number of nitrogens with zero attached hydrogens (tertiary/aromatic N) is 2. The van der Waals surface area contributed by atoms with Gasteiger partial charge in [-0.3, -0.25) is 19.3 Å². The Morgan fingerprint density at radius 3 is 2.48 bits per heavy atom. The van der Waals surface area contributed by atoms with Crippen LogP contribution < -0.4 is 15.5 Å². The molecule has 1 spiro atoms. The predicted molar refractivity (Wildman–Crippen MR) is 107 cm³/mol. The van der Waals surface area contributed by atoms with Crippen LogP contribution in [0.25, 0.3) is 0 Å². The first-order valence-corrected chi connectivity index (χ1v) is 10.2. The maximum Gasteiger partial charge on any atom is 0.325 e. The minimum absolute atomic E-state index is 0.103. The number of amides is 5. The highest BCUT2D eigenvalue weighted by Crippen LogP contribution is 2.36. The van der Waals surface area contributed by atoms with Gasteiger partial charge in [0, 0.05) is 24.3 Å². The van der Waals surface area contributed by atoms with E-state index in [1.807, 2.05) is 0 Å². The van der Waals surface area contributed by atoms with E-state index in [0.717, 1.165) is 29.8 Å². The number of benzene rings is 1. The topological polar surface area (TPSA) is 98.8 Å². The van der Waals surface area contributed by atoms with Gasteiger partial charge in [-0.1, -0.05) is 6.92 Å². The summed E-state index contributed by atoms with van der Waals surface area (Å²) < 4.78 is 0. The van der Waals surface area contributed by atoms with Crippen LogP contribution in [0.4, 0.5) is 16.2 Å². The average Bonchev–Trinajstić information content (AvgIpc) is 3.22. The fourth-order valence-corrected chi connectivity index (χ4v) is 4.40. The third-order valence-corrected chi connectivity index (χ3v) is 6.21. The van der Waals surface area contributed by atoms with Gasteiger partial charge in [0.15, 0.2) is 0 Å². The molecule has 29 heavy (non-hydrogen) atoms. The predicted octanol–water partition coefficient (Wildman–Crippen LogP) is 2.25. The number of nitrogens with one attached hydrogen (secondary N) is 2. The van der Waals surface area contributed by atoms with Crippen LogP contribution in [0.15, 0.2) is 24.3 Å². The number of imide groups is 1. The highest BCUT2D eigenvalue weighted by molar-refractivity contribution is 6.10. The smallest absolute Gasteiger partial charge is 0.325 e. The summed E-state index contributed by atoms with van der Waals surface area (Å²) in [6, 6.07) is 6.50. The lowest BCUT2D eigenvalue weighted by atomic mass is 9.77. The molecule has 8 heteroatoms. The van der Waals surface area contributed by atoms with Crippen molar-refractivity contribution in [2.24, 2.45) is 5.92 Å². The van der Waals surface area contributed by atoms with Gasteiger partial charge >= 0.3 is 6.03 Å². The van der Waals surface area contributed by atoms with Crippen molar-refractivity contribution >= 4 is 35.1 Å². The van der Waals surface area contributed by atoms with E-state index >= 15 is 0 Å². The summed E-state index contributed by atoms with van der Waals surface area (Å²) in [6.45, 7) is 2.54. The molecule has 0 unspecified atom stereocenters. The first-order valence-electron chi connectivity index (χ1n) is 10.2. The van der Waals surface area contributed by atoms with Crippen LogP contribution in [0.3, 0.4) is 0 Å². The van der Waals surface area contributed by atoms with Crippen LogP contribution in [0.1, 0.15) is 45.4 Å². The quantitative estimate of drug-likeness (QED) is 0.760. The number of rotatable bonds is 4. The van der Waals surface area contributed by atoms with Crippen LogP contribution >= 0.6 is 0 Å². The van der Waals surface area contributed by atoms with Gasteiger partial charge in [0.25, 0.3) is 5.91 Å². The number of carbonyl (C=O) groups excluding carboxylic acids is 4. The number of anilines is 2. The standard InChI is InChI=1S/C21H26N4O4/c1-14-8-10-21(11-9-14)19(28)25(20(29)23-21)13-17(26)22-15-4-6-16(7-5-15)24-12-2-3-18(24)27/h4-7,14H,2-3,8-13H2,1H3,(H,22,26)(H,23,29). The van der Waals surface area contributed by atoms with Crippen molar-refractivity contribution in [2.45, 2.75) is 51.0 Å². The monoisotopic (exact) mass is 398 g/mol. The molecule has 0 aromatic heterocycles. The normalized spacial score (nSPS) is 26.9. The number of hydrogen-bond donors (Lipinski definition) is 2. The summed E-state index contributed by atoms with van der Waals surface area (Å²) in [5, 5.41) is 5.54. The molecule has 3 fully saturated rings. The number of carbonyl (C=O) groups is 4. The minimum atomic E-state index is -0.839. The van der Waals surface area contributed by atoms with Gasteiger partial charge in [-0.25, -0.2) is 4.79 Å². The second-order valence-electron chi connectivity index (χ2n) is 8.33. The Balaban J connectivity index is 1.36. The number of urea groups is 1. The summed E-state index contributed by atoms with van der Waals surface area (Å²) in [7, 11) is 0. The molecule has 0 atom stereocenters. The molecule has 154 valence electrons. The third kappa shape index (κ3) is 3.71. The van der Waals surface area contributed by atoms with Crippen molar-refractivity contribution in [3.63, 3.8) is 0 Å². The Bertz CT molecular complexity index is 843. The molecule has 2 heterocycles. The lowest BCUT2D eigenvalue weighted by Crippen LogP contribution is -2.49. The van der Waals surface area contributed by atoms with Gasteiger partial charge in [0.2, 0.25) is 11.8 Å². The molecular weight excluding hydrogens is 372 g/mol. The zero-order valence-electron chi connectivity index (χ0n) is 16.6. The molecule has 8 nitrogen and oxygen atoms in total. The average molecular weight is 398 g/mol. The van der Waals surface area contributed by atoms with Crippen LogP contribution in [0.5, 0.6) is 0 Å². The maximum absolute atomic E-state index is 12.8. The van der Waals surface area contributed by atoms with E-state index in [2.05, 4.69) is 17.6 Å². The summed E-state index contributed by atoms with van der Waals surface area (Å²) >= 11 is 0. The largest absolute Gasteiger partial charge is 0.325 e. The Kier molecular flexibility index (Phi) is 5.02. The van der Waals surface area contributed by atoms with Gasteiger partial charge in [0.1, 0.15) is 12.1 Å². The second-order valence-corrected chi connectivity index (χ2v) is 8.33. The van der Waals surface area contributed by atoms with E-state index in [1.54, 1.807) is 29.2 Å². The molecule has 5 amide bonds. The van der Waals surface area contributed by atoms with E-state index in [9.17, 15) is 19.2 Å². The van der Waals surface area contributed by atoms with E-state index in [0.29, 0.717) is 37.4 Å². The van der Waals surface area contributed by atoms with Crippen LogP contribution in [-0.2, 0) is 14.4 Å². The van der Waals surface area contributed by atoms with Gasteiger partial charge in [0.05, 0.1) is 0 Å². The SMILES string of the molecule is CC1CCC2(CC1)NC(=O)N(CC(=O)Nc1ccc(N3CCCC3=O)cc1)C2=O. The van der Waals surface area contributed by atoms with Gasteiger partial charge < -0.3 is 15.5 Å². The van der Waals surface area contributed by atoms with Gasteiger partial charge in [-0.15, -0.1) is 0 Å². The molecule has 3 aliphatic rings. The number of hydrogen-bond acceptors (Lipinski definition) is 4. The molecule has 1 saturated carbocycles. The molecule has 0 bridgehead atoms. The summed E-state index contributed by atoms with van der Waals surface area (Å²) in [6.07, 6.45) is 4.42. The molecule has 2 N–H and O–H groups in total. The summed E-state index contributed by atoms with van der Waals surface area (Å²) in [5.74, 6) is -0.0833. The fourth-order valence-electron chi connectivity index (χ4n) is 4.40. The van der Waals surface area contributed by atoms with Gasteiger partial charge in [-0.2, -0.15) is 0 Å². The molecule has 1 aromatic carbocycles. The maximum atomic E-state index is 12.8. The Hall–Kier alpha value is -2.90. The van der Waals surface area contributed by atoms with Crippen molar-refractivity contribution in [3.05, 3.63) is 24.3 Å². The third-order valence-electron chi connectivity index (χ3n) is 6.21. The Labute approximate surface area is 169 Å². The molecule has 4 rings (SSSR count). The molecule has 1 aromatic rings. The first kappa shape index (κ1) is 19.4. The lowest BCUT2D eigenvalue weighted by molar-refractivity contribution is -0.135. The fraction of sp³-hybridized carbons (Fsp3) is 0.524. The summed E-state index contributed by atoms with van der Waals surface area (Å²) in [5.41, 5.74) is 0.514. The first-order chi connectivity index (χ1) is 13.9. The van der Waals surface area contributed by atoms with Gasteiger partial charge in [-0.05, 0) is 62.3 Å². The van der Waals surface area contributed by atoms with Crippen LogP contribution in [0.2, 0.25) is 0 Å². The molecular formula is C21H26N4O4. The van der Waals surface area contributed by atoms with E-state index in [1.165, 1.54) is 0 Å². The van der Waals surface area contributed by atoms with E-state index in [4.69, 9.17) is 0 Å². The van der Waals surface area contributed by atoms with Crippen molar-refractivity contribution in [2.75, 3.05) is 23.3 Å². The summed E-state index contributed by atoms with van der Waals surface area (Å²) in [4.78, 5) is 52.1. The minimum Gasteiger partial charge on any atom is -0.325 e. The highest BCUT2D eigenvalue weighted by Gasteiger charge is 2.52. The molecule has 2 aliphatic heterocycles. The van der Waals surface area contributed by atoms with Crippen molar-refractivity contribution in [1.82, 2.24) is 10.2 Å². The Morgan fingerprint density at radius 1 is 1.17 bits per heavy atom. The van der Waals surface area contributed by atoms with Crippen LogP contribution in [-0.4, -0.2) is 47.3 Å². The Morgan fingerprint density at radius 2 is 1.86 bits per heavy atom. The zero-order chi connectivity index (χ0) is 20.6. The molecule has 0 radical (unpaired) electrons. The highest BCUT2D eigenvalue weighted by atomic mass is 16.2. The van der Waals surface area contributed by atoms with Crippen molar-refractivity contribution < 1.29 is 19.2 Å². The second kappa shape index (κ2) is 7.50. The molecule has 2 saturated heterocycles. The zero-order valence-corrected chi connectivity index (χ0v) is 16.6. The van der Waals surface area contributed by atoms with E-state index in [-0.39, 0.29) is 18.4 Å². The van der Waals surface area contributed by atoms with Crippen molar-refractivity contribution in [1.29, 1.82) is 0 Å².